The lowest BCUT2D eigenvalue weighted by Gasteiger charge is -2.05. The number of anilines is 1. The van der Waals surface area contributed by atoms with Crippen molar-refractivity contribution in [2.24, 2.45) is 4.99 Å². The minimum atomic E-state index is -0.0764. The van der Waals surface area contributed by atoms with Gasteiger partial charge in [-0.25, -0.2) is 0 Å². The van der Waals surface area contributed by atoms with Crippen molar-refractivity contribution in [3.8, 4) is 0 Å². The van der Waals surface area contributed by atoms with Crippen molar-refractivity contribution in [3.63, 3.8) is 0 Å². The Balaban J connectivity index is 1.86. The van der Waals surface area contributed by atoms with Crippen LogP contribution >= 0.6 is 11.6 Å². The Morgan fingerprint density at radius 1 is 1.09 bits per heavy atom. The van der Waals surface area contributed by atoms with Crippen LogP contribution in [0.15, 0.2) is 53.5 Å². The maximum absolute atomic E-state index is 11.9. The third-order valence-electron chi connectivity index (χ3n) is 3.20. The molecule has 2 rings (SSSR count). The Kier molecular flexibility index (Phi) is 5.73. The fourth-order valence-electron chi connectivity index (χ4n) is 1.95. The Morgan fingerprint density at radius 3 is 2.36 bits per heavy atom. The van der Waals surface area contributed by atoms with Crippen LogP contribution in [0.2, 0.25) is 5.02 Å². The molecule has 0 aromatic heterocycles. The lowest BCUT2D eigenvalue weighted by atomic mass is 10.1. The molecule has 0 bridgehead atoms. The normalized spacial score (nSPS) is 11.3. The van der Waals surface area contributed by atoms with Gasteiger partial charge in [0.15, 0.2) is 0 Å². The molecule has 3 nitrogen and oxygen atoms in total. The van der Waals surface area contributed by atoms with E-state index in [9.17, 15) is 4.79 Å². The van der Waals surface area contributed by atoms with Crippen molar-refractivity contribution in [1.29, 1.82) is 0 Å². The second kappa shape index (κ2) is 7.76. The highest BCUT2D eigenvalue weighted by Gasteiger charge is 2.04. The second-order valence-corrected chi connectivity index (χ2v) is 5.71. The van der Waals surface area contributed by atoms with E-state index in [1.165, 1.54) is 5.56 Å². The van der Waals surface area contributed by atoms with Gasteiger partial charge in [-0.1, -0.05) is 41.4 Å². The molecule has 0 atom stereocenters. The van der Waals surface area contributed by atoms with Crippen LogP contribution in [-0.2, 0) is 11.3 Å². The lowest BCUT2D eigenvalue weighted by molar-refractivity contribution is -0.115. The maximum Gasteiger partial charge on any atom is 0.230 e. The van der Waals surface area contributed by atoms with Gasteiger partial charge in [-0.3, -0.25) is 9.79 Å². The van der Waals surface area contributed by atoms with Crippen molar-refractivity contribution < 1.29 is 4.79 Å². The largest absolute Gasteiger partial charge is 0.326 e. The first kappa shape index (κ1) is 16.2. The fraction of sp³-hybridized carbons (Fsp3) is 0.222. The highest BCUT2D eigenvalue weighted by molar-refractivity contribution is 6.30. The van der Waals surface area contributed by atoms with Crippen LogP contribution in [0.3, 0.4) is 0 Å². The molecule has 2 aromatic rings. The average molecular weight is 315 g/mol. The van der Waals surface area contributed by atoms with Crippen molar-refractivity contribution in [2.45, 2.75) is 26.8 Å². The average Bonchev–Trinajstić information content (AvgIpc) is 2.49. The van der Waals surface area contributed by atoms with Crippen LogP contribution in [0.4, 0.5) is 5.69 Å². The minimum absolute atomic E-state index is 0.0764. The van der Waals surface area contributed by atoms with Gasteiger partial charge in [-0.2, -0.15) is 0 Å². The number of aliphatic imine (C=N–C) groups is 1. The van der Waals surface area contributed by atoms with E-state index in [2.05, 4.69) is 41.5 Å². The molecule has 0 aliphatic heterocycles. The summed E-state index contributed by atoms with van der Waals surface area (Å²) in [7, 11) is 0. The van der Waals surface area contributed by atoms with Crippen LogP contribution < -0.4 is 5.32 Å². The van der Waals surface area contributed by atoms with E-state index in [0.29, 0.717) is 11.6 Å². The first-order valence-electron chi connectivity index (χ1n) is 7.14. The van der Waals surface area contributed by atoms with Gasteiger partial charge in [0.1, 0.15) is 0 Å². The maximum atomic E-state index is 11.9. The second-order valence-electron chi connectivity index (χ2n) is 5.27. The Hall–Kier alpha value is -2.13. The summed E-state index contributed by atoms with van der Waals surface area (Å²) in [6, 6.07) is 15.3. The molecule has 0 aliphatic carbocycles. The van der Waals surface area contributed by atoms with E-state index in [0.717, 1.165) is 17.0 Å². The summed E-state index contributed by atoms with van der Waals surface area (Å²) in [4.78, 5) is 16.4. The van der Waals surface area contributed by atoms with Crippen LogP contribution in [0.25, 0.3) is 0 Å². The smallest absolute Gasteiger partial charge is 0.230 e. The summed E-state index contributed by atoms with van der Waals surface area (Å²) < 4.78 is 0. The van der Waals surface area contributed by atoms with Gasteiger partial charge in [0.2, 0.25) is 5.91 Å². The predicted molar refractivity (Wildman–Crippen MR) is 92.7 cm³/mol. The number of carbonyl (C=O) groups is 1. The number of carbonyl (C=O) groups excluding carboxylic acids is 1. The fourth-order valence-corrected chi connectivity index (χ4v) is 2.07. The zero-order valence-electron chi connectivity index (χ0n) is 12.8. The molecule has 0 saturated heterocycles. The number of rotatable bonds is 5. The Morgan fingerprint density at radius 2 is 1.73 bits per heavy atom. The summed E-state index contributed by atoms with van der Waals surface area (Å²) in [5.41, 5.74) is 3.92. The van der Waals surface area contributed by atoms with Gasteiger partial charge in [-0.05, 0) is 43.7 Å². The topological polar surface area (TPSA) is 41.5 Å². The summed E-state index contributed by atoms with van der Waals surface area (Å²) in [6.07, 6.45) is 0.286. The minimum Gasteiger partial charge on any atom is -0.326 e. The van der Waals surface area contributed by atoms with Gasteiger partial charge in [0, 0.05) is 16.4 Å². The summed E-state index contributed by atoms with van der Waals surface area (Å²) in [5, 5.41) is 3.47. The van der Waals surface area contributed by atoms with Gasteiger partial charge in [0.05, 0.1) is 13.0 Å². The molecule has 0 saturated carbocycles. The zero-order chi connectivity index (χ0) is 15.9. The molecular formula is C18H19ClN2O. The number of benzene rings is 2. The quantitative estimate of drug-likeness (QED) is 0.803. The summed E-state index contributed by atoms with van der Waals surface area (Å²) in [5.74, 6) is -0.0764. The Bertz CT molecular complexity index is 660. The monoisotopic (exact) mass is 314 g/mol. The van der Waals surface area contributed by atoms with Crippen LogP contribution in [-0.4, -0.2) is 11.6 Å². The van der Waals surface area contributed by atoms with E-state index in [-0.39, 0.29) is 12.3 Å². The van der Waals surface area contributed by atoms with Gasteiger partial charge in [0.25, 0.3) is 0 Å². The van der Waals surface area contributed by atoms with Gasteiger partial charge < -0.3 is 5.32 Å². The molecule has 0 heterocycles. The number of nitrogens with zero attached hydrogens (tertiary/aromatic N) is 1. The third-order valence-corrected chi connectivity index (χ3v) is 3.45. The SMILES string of the molecule is CC(CC(=O)Nc1ccc(Cl)cc1)=NCc1ccc(C)cc1. The van der Waals surface area contributed by atoms with Crippen molar-refractivity contribution in [3.05, 3.63) is 64.7 Å². The van der Waals surface area contributed by atoms with E-state index in [1.54, 1.807) is 24.3 Å². The number of halogens is 1. The van der Waals surface area contributed by atoms with Crippen LogP contribution in [0, 0.1) is 6.92 Å². The van der Waals surface area contributed by atoms with Crippen LogP contribution in [0.1, 0.15) is 24.5 Å². The molecule has 0 fully saturated rings. The number of amides is 1. The van der Waals surface area contributed by atoms with Gasteiger partial charge in [-0.15, -0.1) is 0 Å². The summed E-state index contributed by atoms with van der Waals surface area (Å²) in [6.45, 7) is 4.52. The molecule has 0 unspecified atom stereocenters. The lowest BCUT2D eigenvalue weighted by Crippen LogP contribution is -2.15. The molecule has 22 heavy (non-hydrogen) atoms. The molecule has 2 aromatic carbocycles. The molecule has 0 radical (unpaired) electrons. The highest BCUT2D eigenvalue weighted by atomic mass is 35.5. The van der Waals surface area contributed by atoms with Crippen molar-refractivity contribution >= 4 is 28.9 Å². The van der Waals surface area contributed by atoms with Crippen LogP contribution in [0.5, 0.6) is 0 Å². The molecule has 1 amide bonds. The number of hydrogen-bond donors (Lipinski definition) is 1. The highest BCUT2D eigenvalue weighted by Crippen LogP contribution is 2.13. The molecule has 114 valence electrons. The van der Waals surface area contributed by atoms with Crippen molar-refractivity contribution in [1.82, 2.24) is 0 Å². The molecule has 0 aliphatic rings. The first-order valence-corrected chi connectivity index (χ1v) is 7.51. The zero-order valence-corrected chi connectivity index (χ0v) is 13.5. The first-order chi connectivity index (χ1) is 10.5. The third kappa shape index (κ3) is 5.34. The molecule has 1 N–H and O–H groups in total. The molecule has 4 heteroatoms. The van der Waals surface area contributed by atoms with E-state index in [4.69, 9.17) is 11.6 Å². The number of hydrogen-bond acceptors (Lipinski definition) is 2. The number of aryl methyl sites for hydroxylation is 1. The predicted octanol–water partition coefficient (Wildman–Crippen LogP) is 4.64. The molecule has 0 spiro atoms. The summed E-state index contributed by atoms with van der Waals surface area (Å²) >= 11 is 5.81. The molecular weight excluding hydrogens is 296 g/mol. The van der Waals surface area contributed by atoms with E-state index >= 15 is 0 Å². The van der Waals surface area contributed by atoms with Crippen molar-refractivity contribution in [2.75, 3.05) is 5.32 Å². The standard InChI is InChI=1S/C18H19ClN2O/c1-13-3-5-15(6-4-13)12-20-14(2)11-18(22)21-17-9-7-16(19)8-10-17/h3-10H,11-12H2,1-2H3,(H,21,22). The van der Waals surface area contributed by atoms with Gasteiger partial charge >= 0.3 is 0 Å². The van der Waals surface area contributed by atoms with E-state index in [1.807, 2.05) is 6.92 Å². The Labute approximate surface area is 136 Å². The van der Waals surface area contributed by atoms with E-state index < -0.39 is 0 Å². The number of nitrogens with one attached hydrogen (secondary N) is 1.